The fourth-order valence-corrected chi connectivity index (χ4v) is 1.85. The molecule has 0 amide bonds. The highest BCUT2D eigenvalue weighted by Crippen LogP contribution is 2.34. The maximum atomic E-state index is 5.57. The first-order valence-corrected chi connectivity index (χ1v) is 6.50. The molecule has 1 aliphatic rings. The monoisotopic (exact) mass is 238 g/mol. The molecule has 2 atom stereocenters. The molecule has 17 heavy (non-hydrogen) atoms. The van der Waals surface area contributed by atoms with Gasteiger partial charge in [-0.25, -0.2) is 0 Å². The van der Waals surface area contributed by atoms with E-state index in [1.807, 2.05) is 14.0 Å². The first-order chi connectivity index (χ1) is 8.22. The van der Waals surface area contributed by atoms with Gasteiger partial charge < -0.3 is 15.1 Å². The van der Waals surface area contributed by atoms with Crippen LogP contribution in [0.1, 0.15) is 51.5 Å². The summed E-state index contributed by atoms with van der Waals surface area (Å²) in [6.07, 6.45) is 5.07. The van der Waals surface area contributed by atoms with Crippen LogP contribution in [0.2, 0.25) is 0 Å². The Labute approximate surface area is 102 Å². The van der Waals surface area contributed by atoms with Crippen LogP contribution in [0.15, 0.2) is 4.42 Å². The molecule has 0 spiro atoms. The van der Waals surface area contributed by atoms with Gasteiger partial charge >= 0.3 is 6.01 Å². The van der Waals surface area contributed by atoms with E-state index in [9.17, 15) is 0 Å². The molecular weight excluding hydrogens is 216 g/mol. The third-order valence-corrected chi connectivity index (χ3v) is 3.38. The second kappa shape index (κ2) is 5.49. The first-order valence-electron chi connectivity index (χ1n) is 6.50. The van der Waals surface area contributed by atoms with Gasteiger partial charge in [-0.1, -0.05) is 24.9 Å². The van der Waals surface area contributed by atoms with Crippen molar-refractivity contribution >= 4 is 6.01 Å². The molecule has 2 unspecified atom stereocenters. The lowest BCUT2D eigenvalue weighted by atomic mass is 10.1. The highest BCUT2D eigenvalue weighted by Gasteiger charge is 2.25. The van der Waals surface area contributed by atoms with E-state index in [1.54, 1.807) is 0 Å². The summed E-state index contributed by atoms with van der Waals surface area (Å²) >= 11 is 0. The Kier molecular flexibility index (Phi) is 3.99. The minimum Gasteiger partial charge on any atom is -0.406 e. The summed E-state index contributed by atoms with van der Waals surface area (Å²) in [6.45, 7) is 4.19. The number of hydrogen-bond donors (Lipinski definition) is 2. The van der Waals surface area contributed by atoms with Crippen LogP contribution < -0.4 is 10.6 Å². The second-order valence-electron chi connectivity index (χ2n) is 4.88. The van der Waals surface area contributed by atoms with Crippen molar-refractivity contribution in [3.8, 4) is 0 Å². The van der Waals surface area contributed by atoms with E-state index in [1.165, 1.54) is 19.3 Å². The number of nitrogens with one attached hydrogen (secondary N) is 2. The zero-order chi connectivity index (χ0) is 12.3. The standard InChI is InChI=1S/C12H22N4O/c1-4-10(7-9-5-6-9)14-12-16-15-11(17-12)8(2)13-3/h8-10,13H,4-7H2,1-3H3,(H,14,16). The minimum atomic E-state index is 0.0987. The minimum absolute atomic E-state index is 0.0987. The molecular formula is C12H22N4O. The van der Waals surface area contributed by atoms with E-state index >= 15 is 0 Å². The van der Waals surface area contributed by atoms with Crippen LogP contribution in [0.3, 0.4) is 0 Å². The van der Waals surface area contributed by atoms with Crippen molar-refractivity contribution in [1.82, 2.24) is 15.5 Å². The molecule has 1 aromatic rings. The summed E-state index contributed by atoms with van der Waals surface area (Å²) in [5.41, 5.74) is 0. The number of hydrogen-bond acceptors (Lipinski definition) is 5. The Morgan fingerprint density at radius 1 is 1.41 bits per heavy atom. The van der Waals surface area contributed by atoms with Crippen LogP contribution in [0, 0.1) is 5.92 Å². The summed E-state index contributed by atoms with van der Waals surface area (Å²) in [5, 5.41) is 14.5. The number of aromatic nitrogens is 2. The average Bonchev–Trinajstić information content (AvgIpc) is 3.04. The Balaban J connectivity index is 1.89. The smallest absolute Gasteiger partial charge is 0.315 e. The normalized spacial score (nSPS) is 19.0. The number of anilines is 1. The summed E-state index contributed by atoms with van der Waals surface area (Å²) in [7, 11) is 1.88. The largest absolute Gasteiger partial charge is 0.406 e. The van der Waals surface area contributed by atoms with E-state index < -0.39 is 0 Å². The maximum Gasteiger partial charge on any atom is 0.315 e. The van der Waals surface area contributed by atoms with Crippen LogP contribution in [-0.4, -0.2) is 23.3 Å². The lowest BCUT2D eigenvalue weighted by molar-refractivity contribution is 0.435. The average molecular weight is 238 g/mol. The molecule has 0 aliphatic heterocycles. The predicted molar refractivity (Wildman–Crippen MR) is 66.8 cm³/mol. The van der Waals surface area contributed by atoms with Gasteiger partial charge in [-0.3, -0.25) is 0 Å². The van der Waals surface area contributed by atoms with Gasteiger partial charge in [0, 0.05) is 6.04 Å². The zero-order valence-electron chi connectivity index (χ0n) is 10.9. The maximum absolute atomic E-state index is 5.57. The van der Waals surface area contributed by atoms with E-state index in [4.69, 9.17) is 4.42 Å². The Bertz CT molecular complexity index is 348. The molecule has 1 saturated carbocycles. The Morgan fingerprint density at radius 3 is 2.76 bits per heavy atom. The molecule has 2 rings (SSSR count). The zero-order valence-corrected chi connectivity index (χ0v) is 10.9. The lowest BCUT2D eigenvalue weighted by Crippen LogP contribution is -2.19. The molecule has 0 saturated heterocycles. The molecule has 0 bridgehead atoms. The fourth-order valence-electron chi connectivity index (χ4n) is 1.85. The van der Waals surface area contributed by atoms with E-state index in [0.717, 1.165) is 12.3 Å². The van der Waals surface area contributed by atoms with Gasteiger partial charge in [0.1, 0.15) is 0 Å². The summed E-state index contributed by atoms with van der Waals surface area (Å²) in [5.74, 6) is 1.54. The highest BCUT2D eigenvalue weighted by molar-refractivity contribution is 5.20. The SMILES string of the molecule is CCC(CC1CC1)Nc1nnc(C(C)NC)o1. The van der Waals surface area contributed by atoms with Gasteiger partial charge in [0.15, 0.2) is 0 Å². The molecule has 1 aromatic heterocycles. The van der Waals surface area contributed by atoms with Crippen molar-refractivity contribution in [2.75, 3.05) is 12.4 Å². The summed E-state index contributed by atoms with van der Waals surface area (Å²) in [6, 6.07) is 1.11. The molecule has 5 heteroatoms. The van der Waals surface area contributed by atoms with Crippen molar-refractivity contribution in [3.05, 3.63) is 5.89 Å². The van der Waals surface area contributed by atoms with E-state index in [2.05, 4.69) is 27.8 Å². The molecule has 2 N–H and O–H groups in total. The van der Waals surface area contributed by atoms with Crippen LogP contribution in [0.25, 0.3) is 0 Å². The van der Waals surface area contributed by atoms with Gasteiger partial charge in [-0.05, 0) is 32.7 Å². The third-order valence-electron chi connectivity index (χ3n) is 3.38. The van der Waals surface area contributed by atoms with Crippen LogP contribution in [0.4, 0.5) is 6.01 Å². The lowest BCUT2D eigenvalue weighted by Gasteiger charge is -2.14. The quantitative estimate of drug-likeness (QED) is 0.763. The highest BCUT2D eigenvalue weighted by atomic mass is 16.4. The first kappa shape index (κ1) is 12.4. The van der Waals surface area contributed by atoms with Gasteiger partial charge in [-0.2, -0.15) is 0 Å². The van der Waals surface area contributed by atoms with Gasteiger partial charge in [0.05, 0.1) is 6.04 Å². The predicted octanol–water partition coefficient (Wildman–Crippen LogP) is 2.34. The Hall–Kier alpha value is -1.10. The molecule has 1 fully saturated rings. The van der Waals surface area contributed by atoms with Crippen molar-refractivity contribution < 1.29 is 4.42 Å². The van der Waals surface area contributed by atoms with Crippen LogP contribution >= 0.6 is 0 Å². The number of rotatable bonds is 7. The van der Waals surface area contributed by atoms with Gasteiger partial charge in [-0.15, -0.1) is 5.10 Å². The van der Waals surface area contributed by atoms with Crippen molar-refractivity contribution in [2.45, 2.75) is 51.6 Å². The van der Waals surface area contributed by atoms with Crippen LogP contribution in [-0.2, 0) is 0 Å². The number of nitrogens with zero attached hydrogens (tertiary/aromatic N) is 2. The topological polar surface area (TPSA) is 63.0 Å². The molecule has 0 aromatic carbocycles. The molecule has 1 aliphatic carbocycles. The van der Waals surface area contributed by atoms with E-state index in [0.29, 0.717) is 17.9 Å². The molecule has 5 nitrogen and oxygen atoms in total. The second-order valence-corrected chi connectivity index (χ2v) is 4.88. The fraction of sp³-hybridized carbons (Fsp3) is 0.833. The van der Waals surface area contributed by atoms with Crippen molar-refractivity contribution in [3.63, 3.8) is 0 Å². The van der Waals surface area contributed by atoms with Crippen molar-refractivity contribution in [1.29, 1.82) is 0 Å². The molecule has 0 radical (unpaired) electrons. The molecule has 96 valence electrons. The Morgan fingerprint density at radius 2 is 2.18 bits per heavy atom. The van der Waals surface area contributed by atoms with Crippen LogP contribution in [0.5, 0.6) is 0 Å². The van der Waals surface area contributed by atoms with Gasteiger partial charge in [0.2, 0.25) is 5.89 Å². The van der Waals surface area contributed by atoms with E-state index in [-0.39, 0.29) is 6.04 Å². The van der Waals surface area contributed by atoms with Gasteiger partial charge in [0.25, 0.3) is 0 Å². The summed E-state index contributed by atoms with van der Waals surface area (Å²) in [4.78, 5) is 0. The third kappa shape index (κ3) is 3.43. The summed E-state index contributed by atoms with van der Waals surface area (Å²) < 4.78 is 5.57. The molecule has 1 heterocycles. The van der Waals surface area contributed by atoms with Crippen molar-refractivity contribution in [2.24, 2.45) is 5.92 Å².